The zero-order chi connectivity index (χ0) is 20.9. The van der Waals surface area contributed by atoms with Crippen molar-refractivity contribution >= 4 is 11.8 Å². The third-order valence-corrected chi connectivity index (χ3v) is 5.82. The molecule has 0 N–H and O–H groups in total. The molecule has 0 saturated heterocycles. The molecular weight excluding hydrogens is 398 g/mol. The molecule has 0 bridgehead atoms. The molecule has 8 heteroatoms. The summed E-state index contributed by atoms with van der Waals surface area (Å²) in [6.45, 7) is 6.81. The third kappa shape index (κ3) is 4.64. The predicted octanol–water partition coefficient (Wildman–Crippen LogP) is 5.47. The average Bonchev–Trinajstić information content (AvgIpc) is 3.49. The fourth-order valence-corrected chi connectivity index (χ4v) is 4.03. The lowest BCUT2D eigenvalue weighted by Crippen LogP contribution is -2.04. The lowest BCUT2D eigenvalue weighted by molar-refractivity contribution is 0.374. The zero-order valence-electron chi connectivity index (χ0n) is 17.4. The van der Waals surface area contributed by atoms with Crippen LogP contribution in [0.4, 0.5) is 0 Å². The molecule has 4 rings (SSSR count). The van der Waals surface area contributed by atoms with E-state index in [0.29, 0.717) is 12.4 Å². The van der Waals surface area contributed by atoms with E-state index in [1.165, 1.54) is 5.56 Å². The van der Waals surface area contributed by atoms with E-state index in [1.807, 2.05) is 31.2 Å². The summed E-state index contributed by atoms with van der Waals surface area (Å²) < 4.78 is 13.1. The Bertz CT molecular complexity index is 1090. The van der Waals surface area contributed by atoms with Gasteiger partial charge >= 0.3 is 0 Å². The van der Waals surface area contributed by atoms with Gasteiger partial charge in [0.25, 0.3) is 0 Å². The number of benzene rings is 1. The molecule has 30 heavy (non-hydrogen) atoms. The summed E-state index contributed by atoms with van der Waals surface area (Å²) in [6.07, 6.45) is 4.67. The van der Waals surface area contributed by atoms with Crippen LogP contribution in [0.1, 0.15) is 55.0 Å². The SMILES string of the molecule is CCCCc1noc([C@@H](C)Sc2nnc(-c3cccc(C)c3)n2Cc2ccco2)n1. The Morgan fingerprint density at radius 3 is 2.83 bits per heavy atom. The van der Waals surface area contributed by atoms with Gasteiger partial charge in [0.05, 0.1) is 18.1 Å². The monoisotopic (exact) mass is 423 g/mol. The Labute approximate surface area is 179 Å². The topological polar surface area (TPSA) is 82.8 Å². The van der Waals surface area contributed by atoms with Crippen LogP contribution >= 0.6 is 11.8 Å². The summed E-state index contributed by atoms with van der Waals surface area (Å²) >= 11 is 1.55. The predicted molar refractivity (Wildman–Crippen MR) is 115 cm³/mol. The maximum atomic E-state index is 5.58. The summed E-state index contributed by atoms with van der Waals surface area (Å²) in [5, 5.41) is 13.8. The van der Waals surface area contributed by atoms with Gasteiger partial charge in [-0.05, 0) is 38.5 Å². The average molecular weight is 424 g/mol. The van der Waals surface area contributed by atoms with Crippen LogP contribution in [0.15, 0.2) is 56.8 Å². The second-order valence-corrected chi connectivity index (χ2v) is 8.56. The Hall–Kier alpha value is -2.87. The highest BCUT2D eigenvalue weighted by atomic mass is 32.2. The Morgan fingerprint density at radius 2 is 2.07 bits per heavy atom. The zero-order valence-corrected chi connectivity index (χ0v) is 18.2. The normalized spacial score (nSPS) is 12.4. The van der Waals surface area contributed by atoms with Gasteiger partial charge in [-0.2, -0.15) is 4.98 Å². The van der Waals surface area contributed by atoms with Crippen molar-refractivity contribution < 1.29 is 8.94 Å². The van der Waals surface area contributed by atoms with Crippen LogP contribution < -0.4 is 0 Å². The van der Waals surface area contributed by atoms with Crippen molar-refractivity contribution in [2.45, 2.75) is 57.0 Å². The number of nitrogens with zero attached hydrogens (tertiary/aromatic N) is 5. The number of unbranched alkanes of at least 4 members (excludes halogenated alkanes) is 1. The Kier molecular flexibility index (Phi) is 6.32. The first-order valence-electron chi connectivity index (χ1n) is 10.2. The van der Waals surface area contributed by atoms with Crippen LogP contribution in [0.5, 0.6) is 0 Å². The molecule has 3 heterocycles. The molecule has 1 aromatic carbocycles. The van der Waals surface area contributed by atoms with Gasteiger partial charge in [0.15, 0.2) is 16.8 Å². The first-order chi connectivity index (χ1) is 14.6. The Balaban J connectivity index is 1.61. The second-order valence-electron chi connectivity index (χ2n) is 7.25. The van der Waals surface area contributed by atoms with Gasteiger partial charge in [-0.25, -0.2) is 0 Å². The quantitative estimate of drug-likeness (QED) is 0.330. The molecule has 4 aromatic rings. The fraction of sp³-hybridized carbons (Fsp3) is 0.364. The van der Waals surface area contributed by atoms with Crippen LogP contribution in [0.25, 0.3) is 11.4 Å². The van der Waals surface area contributed by atoms with E-state index < -0.39 is 0 Å². The molecule has 0 unspecified atom stereocenters. The van der Waals surface area contributed by atoms with Crippen LogP contribution in [0.3, 0.4) is 0 Å². The molecule has 0 aliphatic rings. The summed E-state index contributed by atoms with van der Waals surface area (Å²) in [4.78, 5) is 4.55. The van der Waals surface area contributed by atoms with Gasteiger partial charge in [0.1, 0.15) is 5.76 Å². The van der Waals surface area contributed by atoms with Gasteiger partial charge in [-0.15, -0.1) is 10.2 Å². The highest BCUT2D eigenvalue weighted by molar-refractivity contribution is 7.99. The van der Waals surface area contributed by atoms with Crippen molar-refractivity contribution in [3.63, 3.8) is 0 Å². The third-order valence-electron chi connectivity index (χ3n) is 4.75. The number of rotatable bonds is 9. The lowest BCUT2D eigenvalue weighted by atomic mass is 10.1. The van der Waals surface area contributed by atoms with E-state index in [1.54, 1.807) is 18.0 Å². The van der Waals surface area contributed by atoms with Crippen LogP contribution in [-0.4, -0.2) is 24.9 Å². The fourth-order valence-electron chi connectivity index (χ4n) is 3.15. The molecule has 7 nitrogen and oxygen atoms in total. The minimum atomic E-state index is -0.0437. The molecular formula is C22H25N5O2S. The van der Waals surface area contributed by atoms with Gasteiger partial charge in [-0.3, -0.25) is 4.57 Å². The van der Waals surface area contributed by atoms with Crippen molar-refractivity contribution in [3.8, 4) is 11.4 Å². The van der Waals surface area contributed by atoms with Crippen LogP contribution in [-0.2, 0) is 13.0 Å². The van der Waals surface area contributed by atoms with Crippen molar-refractivity contribution in [1.82, 2.24) is 24.9 Å². The van der Waals surface area contributed by atoms with E-state index in [0.717, 1.165) is 47.4 Å². The number of hydrogen-bond donors (Lipinski definition) is 0. The summed E-state index contributed by atoms with van der Waals surface area (Å²) in [5.41, 5.74) is 2.20. The van der Waals surface area contributed by atoms with Gasteiger partial charge in [0.2, 0.25) is 5.89 Å². The number of furan rings is 1. The molecule has 1 atom stereocenters. The van der Waals surface area contributed by atoms with E-state index in [4.69, 9.17) is 8.94 Å². The highest BCUT2D eigenvalue weighted by Crippen LogP contribution is 2.35. The minimum Gasteiger partial charge on any atom is -0.467 e. The minimum absolute atomic E-state index is 0.0437. The number of aromatic nitrogens is 5. The molecule has 0 fully saturated rings. The molecule has 0 radical (unpaired) electrons. The van der Waals surface area contributed by atoms with E-state index in [2.05, 4.69) is 50.9 Å². The molecule has 0 amide bonds. The molecule has 3 aromatic heterocycles. The van der Waals surface area contributed by atoms with Crippen LogP contribution in [0, 0.1) is 6.92 Å². The van der Waals surface area contributed by atoms with Crippen molar-refractivity contribution in [2.75, 3.05) is 0 Å². The highest BCUT2D eigenvalue weighted by Gasteiger charge is 2.22. The molecule has 156 valence electrons. The maximum absolute atomic E-state index is 5.58. The summed E-state index contributed by atoms with van der Waals surface area (Å²) in [7, 11) is 0. The van der Waals surface area contributed by atoms with Crippen molar-refractivity contribution in [2.24, 2.45) is 0 Å². The maximum Gasteiger partial charge on any atom is 0.239 e. The number of aryl methyl sites for hydroxylation is 2. The van der Waals surface area contributed by atoms with Gasteiger partial charge in [-0.1, -0.05) is 54.0 Å². The standard InChI is InChI=1S/C22H25N5O2S/c1-4-5-11-19-23-21(29-26-19)16(3)30-22-25-24-20(17-9-6-8-15(2)13-17)27(22)14-18-10-7-12-28-18/h6-10,12-13,16H,4-5,11,14H2,1-3H3/t16-/m1/s1. The Morgan fingerprint density at radius 1 is 1.17 bits per heavy atom. The van der Waals surface area contributed by atoms with Crippen molar-refractivity contribution in [1.29, 1.82) is 0 Å². The summed E-state index contributed by atoms with van der Waals surface area (Å²) in [5.74, 6) is 3.02. The van der Waals surface area contributed by atoms with Crippen molar-refractivity contribution in [3.05, 3.63) is 65.7 Å². The largest absolute Gasteiger partial charge is 0.467 e. The molecule has 0 saturated carbocycles. The second kappa shape index (κ2) is 9.30. The molecule has 0 spiro atoms. The van der Waals surface area contributed by atoms with E-state index in [-0.39, 0.29) is 5.25 Å². The van der Waals surface area contributed by atoms with Crippen LogP contribution in [0.2, 0.25) is 0 Å². The smallest absolute Gasteiger partial charge is 0.239 e. The summed E-state index contributed by atoms with van der Waals surface area (Å²) in [6, 6.07) is 12.1. The first kappa shape index (κ1) is 20.4. The van der Waals surface area contributed by atoms with Gasteiger partial charge in [0, 0.05) is 12.0 Å². The molecule has 0 aliphatic heterocycles. The first-order valence-corrected chi connectivity index (χ1v) is 11.0. The molecule has 0 aliphatic carbocycles. The number of hydrogen-bond acceptors (Lipinski definition) is 7. The lowest BCUT2D eigenvalue weighted by Gasteiger charge is -2.11. The van der Waals surface area contributed by atoms with E-state index in [9.17, 15) is 0 Å². The van der Waals surface area contributed by atoms with E-state index >= 15 is 0 Å². The number of thioether (sulfide) groups is 1. The van der Waals surface area contributed by atoms with Gasteiger partial charge < -0.3 is 8.94 Å².